The van der Waals surface area contributed by atoms with Gasteiger partial charge in [0.1, 0.15) is 5.82 Å². The summed E-state index contributed by atoms with van der Waals surface area (Å²) in [5.41, 5.74) is 0. The van der Waals surface area contributed by atoms with Crippen LogP contribution in [-0.4, -0.2) is 49.9 Å². The summed E-state index contributed by atoms with van der Waals surface area (Å²) in [6.45, 7) is 0.860. The number of hydrogen-bond donors (Lipinski definition) is 1. The minimum absolute atomic E-state index is 0.0103. The summed E-state index contributed by atoms with van der Waals surface area (Å²) in [5, 5.41) is 18.2. The van der Waals surface area contributed by atoms with Gasteiger partial charge in [0.25, 0.3) is 5.91 Å². The highest BCUT2D eigenvalue weighted by Crippen LogP contribution is 2.45. The highest BCUT2D eigenvalue weighted by atomic mass is 16.3. The van der Waals surface area contributed by atoms with Crippen molar-refractivity contribution in [1.29, 1.82) is 0 Å². The minimum Gasteiger partial charge on any atom is -0.393 e. The molecule has 1 N–H and O–H groups in total. The van der Waals surface area contributed by atoms with E-state index in [1.807, 2.05) is 16.5 Å². The van der Waals surface area contributed by atoms with Crippen LogP contribution in [0.3, 0.4) is 0 Å². The zero-order chi connectivity index (χ0) is 16.0. The zero-order valence-corrected chi connectivity index (χ0v) is 13.8. The van der Waals surface area contributed by atoms with Crippen molar-refractivity contribution in [2.75, 3.05) is 7.05 Å². The third-order valence-electron chi connectivity index (χ3n) is 6.13. The van der Waals surface area contributed by atoms with Crippen molar-refractivity contribution < 1.29 is 9.90 Å². The second kappa shape index (κ2) is 5.89. The minimum atomic E-state index is -0.126. The molecule has 0 radical (unpaired) electrons. The Kier molecular flexibility index (Phi) is 3.87. The summed E-state index contributed by atoms with van der Waals surface area (Å²) in [5.74, 6) is 2.66. The van der Waals surface area contributed by atoms with Crippen LogP contribution in [0.2, 0.25) is 0 Å². The van der Waals surface area contributed by atoms with Crippen LogP contribution in [0.1, 0.15) is 61.4 Å². The molecule has 0 spiro atoms. The van der Waals surface area contributed by atoms with Gasteiger partial charge in [-0.3, -0.25) is 4.79 Å². The first-order chi connectivity index (χ1) is 11.1. The predicted molar refractivity (Wildman–Crippen MR) is 84.9 cm³/mol. The summed E-state index contributed by atoms with van der Waals surface area (Å²) in [6.07, 6.45) is 8.08. The lowest BCUT2D eigenvalue weighted by Crippen LogP contribution is -2.37. The largest absolute Gasteiger partial charge is 0.393 e. The number of rotatable bonds is 2. The molecule has 0 aromatic carbocycles. The van der Waals surface area contributed by atoms with E-state index in [0.717, 1.165) is 57.3 Å². The maximum Gasteiger partial charge on any atom is 0.291 e. The van der Waals surface area contributed by atoms with Gasteiger partial charge in [-0.1, -0.05) is 6.42 Å². The molecule has 3 aliphatic rings. The first-order valence-corrected chi connectivity index (χ1v) is 9.00. The molecule has 1 aromatic heterocycles. The number of aliphatic hydroxyl groups is 1. The molecule has 2 unspecified atom stereocenters. The van der Waals surface area contributed by atoms with Crippen LogP contribution in [0.15, 0.2) is 0 Å². The Morgan fingerprint density at radius 1 is 1.13 bits per heavy atom. The van der Waals surface area contributed by atoms with E-state index in [1.165, 1.54) is 6.42 Å². The van der Waals surface area contributed by atoms with Crippen LogP contribution in [0.4, 0.5) is 0 Å². The molecule has 1 amide bonds. The van der Waals surface area contributed by atoms with Crippen LogP contribution in [0.5, 0.6) is 0 Å². The zero-order valence-electron chi connectivity index (χ0n) is 13.8. The number of aromatic nitrogens is 3. The lowest BCUT2D eigenvalue weighted by atomic mass is 10.0. The van der Waals surface area contributed by atoms with Gasteiger partial charge in [0.15, 0.2) is 0 Å². The van der Waals surface area contributed by atoms with Gasteiger partial charge in [-0.15, -0.1) is 10.2 Å². The summed E-state index contributed by atoms with van der Waals surface area (Å²) in [6, 6.07) is 0.281. The number of nitrogens with zero attached hydrogens (tertiary/aromatic N) is 4. The van der Waals surface area contributed by atoms with Crippen LogP contribution in [0.25, 0.3) is 0 Å². The molecule has 0 bridgehead atoms. The van der Waals surface area contributed by atoms with Gasteiger partial charge in [0, 0.05) is 26.1 Å². The van der Waals surface area contributed by atoms with Crippen molar-refractivity contribution in [3.8, 4) is 0 Å². The van der Waals surface area contributed by atoms with Crippen molar-refractivity contribution in [1.82, 2.24) is 19.7 Å². The maximum absolute atomic E-state index is 12.9. The summed E-state index contributed by atoms with van der Waals surface area (Å²) < 4.78 is 2.03. The highest BCUT2D eigenvalue weighted by molar-refractivity contribution is 5.90. The quantitative estimate of drug-likeness (QED) is 0.899. The molecule has 1 aliphatic heterocycles. The van der Waals surface area contributed by atoms with Crippen molar-refractivity contribution in [3.63, 3.8) is 0 Å². The smallest absolute Gasteiger partial charge is 0.291 e. The maximum atomic E-state index is 12.9. The fourth-order valence-corrected chi connectivity index (χ4v) is 4.84. The van der Waals surface area contributed by atoms with Crippen LogP contribution < -0.4 is 0 Å². The Bertz CT molecular complexity index is 585. The van der Waals surface area contributed by atoms with Gasteiger partial charge >= 0.3 is 0 Å². The molecule has 2 heterocycles. The van der Waals surface area contributed by atoms with E-state index in [1.54, 1.807) is 0 Å². The number of amides is 1. The standard InChI is InChI=1S/C17H26N4O2/c1-20(13-7-11-9-14(22)10-12(11)8-13)17(23)16-19-18-15-5-3-2-4-6-21(15)16/h11-14,22H,2-10H2,1H3/t11-,12+,13?,14?. The number of fused-ring (bicyclic) bond motifs is 2. The van der Waals surface area contributed by atoms with E-state index in [9.17, 15) is 9.90 Å². The van der Waals surface area contributed by atoms with Crippen molar-refractivity contribution in [3.05, 3.63) is 11.6 Å². The molecule has 1 aromatic rings. The molecular formula is C17H26N4O2. The van der Waals surface area contributed by atoms with Gasteiger partial charge < -0.3 is 14.6 Å². The van der Waals surface area contributed by atoms with Crippen molar-refractivity contribution >= 4 is 5.91 Å². The van der Waals surface area contributed by atoms with E-state index >= 15 is 0 Å². The topological polar surface area (TPSA) is 71.2 Å². The normalized spacial score (nSPS) is 33.1. The Morgan fingerprint density at radius 3 is 2.61 bits per heavy atom. The molecule has 6 nitrogen and oxygen atoms in total. The average molecular weight is 318 g/mol. The van der Waals surface area contributed by atoms with Gasteiger partial charge in [0.2, 0.25) is 5.82 Å². The second-order valence-corrected chi connectivity index (χ2v) is 7.59. The first kappa shape index (κ1) is 15.1. The Balaban J connectivity index is 1.48. The predicted octanol–water partition coefficient (Wildman–Crippen LogP) is 1.63. The SMILES string of the molecule is CN(C(=O)c1nnc2n1CCCCC2)C1C[C@H]2CC(O)C[C@H]2C1. The molecule has 2 saturated carbocycles. The van der Waals surface area contributed by atoms with Crippen molar-refractivity contribution in [2.24, 2.45) is 11.8 Å². The highest BCUT2D eigenvalue weighted by Gasteiger charge is 2.43. The molecule has 4 atom stereocenters. The van der Waals surface area contributed by atoms with Crippen LogP contribution >= 0.6 is 0 Å². The Morgan fingerprint density at radius 2 is 1.87 bits per heavy atom. The number of hydrogen-bond acceptors (Lipinski definition) is 4. The van der Waals surface area contributed by atoms with Gasteiger partial charge in [-0.25, -0.2) is 0 Å². The summed E-state index contributed by atoms with van der Waals surface area (Å²) >= 11 is 0. The lowest BCUT2D eigenvalue weighted by Gasteiger charge is -2.25. The van der Waals surface area contributed by atoms with E-state index in [-0.39, 0.29) is 18.1 Å². The van der Waals surface area contributed by atoms with E-state index < -0.39 is 0 Å². The molecule has 23 heavy (non-hydrogen) atoms. The van der Waals surface area contributed by atoms with Gasteiger partial charge in [0.05, 0.1) is 6.10 Å². The molecule has 4 rings (SSSR count). The molecule has 2 fully saturated rings. The van der Waals surface area contributed by atoms with Gasteiger partial charge in [-0.05, 0) is 50.4 Å². The van der Waals surface area contributed by atoms with E-state index in [2.05, 4.69) is 10.2 Å². The number of carbonyl (C=O) groups excluding carboxylic acids is 1. The third-order valence-corrected chi connectivity index (χ3v) is 6.13. The molecule has 6 heteroatoms. The monoisotopic (exact) mass is 318 g/mol. The van der Waals surface area contributed by atoms with Gasteiger partial charge in [-0.2, -0.15) is 0 Å². The Hall–Kier alpha value is -1.43. The molecule has 2 aliphatic carbocycles. The van der Waals surface area contributed by atoms with Crippen LogP contribution in [0, 0.1) is 11.8 Å². The average Bonchev–Trinajstić information content (AvgIpc) is 3.14. The number of aryl methyl sites for hydroxylation is 1. The molecular weight excluding hydrogens is 292 g/mol. The summed E-state index contributed by atoms with van der Waals surface area (Å²) in [4.78, 5) is 14.8. The van der Waals surface area contributed by atoms with Crippen LogP contribution in [-0.2, 0) is 13.0 Å². The second-order valence-electron chi connectivity index (χ2n) is 7.59. The fourth-order valence-electron chi connectivity index (χ4n) is 4.84. The molecule has 0 saturated heterocycles. The first-order valence-electron chi connectivity index (χ1n) is 9.00. The number of aliphatic hydroxyl groups excluding tert-OH is 1. The number of carbonyl (C=O) groups is 1. The molecule has 126 valence electrons. The fraction of sp³-hybridized carbons (Fsp3) is 0.824. The summed E-state index contributed by atoms with van der Waals surface area (Å²) in [7, 11) is 1.91. The Labute approximate surface area is 136 Å². The third kappa shape index (κ3) is 2.67. The lowest BCUT2D eigenvalue weighted by molar-refractivity contribution is 0.0704. The van der Waals surface area contributed by atoms with E-state index in [4.69, 9.17) is 0 Å². The van der Waals surface area contributed by atoms with E-state index in [0.29, 0.717) is 17.7 Å². The van der Waals surface area contributed by atoms with Crippen molar-refractivity contribution in [2.45, 2.75) is 70.1 Å².